The van der Waals surface area contributed by atoms with Crippen LogP contribution in [0.15, 0.2) is 23.8 Å². The van der Waals surface area contributed by atoms with Crippen molar-refractivity contribution in [2.75, 3.05) is 0 Å². The fraction of sp³-hybridized carbons (Fsp3) is 0.111. The number of rotatable bonds is 3. The summed E-state index contributed by atoms with van der Waals surface area (Å²) >= 11 is 1.25. The summed E-state index contributed by atoms with van der Waals surface area (Å²) in [5.74, 6) is -0.0869. The van der Waals surface area contributed by atoms with Gasteiger partial charge in [0.15, 0.2) is 5.78 Å². The molecule has 0 fully saturated rings. The molecule has 15 heavy (non-hydrogen) atoms. The Morgan fingerprint density at radius 2 is 2.47 bits per heavy atom. The van der Waals surface area contributed by atoms with Gasteiger partial charge in [-0.3, -0.25) is 9.48 Å². The number of carbonyl (C=O) groups is 1. The van der Waals surface area contributed by atoms with Crippen molar-refractivity contribution < 1.29 is 4.79 Å². The van der Waals surface area contributed by atoms with Crippen molar-refractivity contribution in [3.05, 3.63) is 35.1 Å². The van der Waals surface area contributed by atoms with Crippen LogP contribution in [0, 0.1) is 0 Å². The van der Waals surface area contributed by atoms with Crippen LogP contribution in [0.4, 0.5) is 0 Å². The van der Waals surface area contributed by atoms with E-state index in [9.17, 15) is 4.79 Å². The molecule has 0 radical (unpaired) electrons. The molecule has 0 amide bonds. The van der Waals surface area contributed by atoms with E-state index < -0.39 is 0 Å². The Kier molecular flexibility index (Phi) is 2.68. The number of nitrogens with zero attached hydrogens (tertiary/aromatic N) is 4. The molecule has 0 unspecified atom stereocenters. The first kappa shape index (κ1) is 9.72. The van der Waals surface area contributed by atoms with Crippen molar-refractivity contribution in [1.29, 1.82) is 0 Å². The van der Waals surface area contributed by atoms with Crippen LogP contribution in [-0.2, 0) is 7.05 Å². The van der Waals surface area contributed by atoms with E-state index >= 15 is 0 Å². The summed E-state index contributed by atoms with van der Waals surface area (Å²) in [5.41, 5.74) is 1.26. The zero-order valence-corrected chi connectivity index (χ0v) is 8.81. The average molecular weight is 220 g/mol. The lowest BCUT2D eigenvalue weighted by Crippen LogP contribution is -1.91. The lowest BCUT2D eigenvalue weighted by molar-refractivity contribution is 0.104. The molecule has 0 aromatic carbocycles. The molecule has 0 spiro atoms. The SMILES string of the molecule is Cn1cc(C(=O)/C=C\c2csnn2)cn1. The quantitative estimate of drug-likeness (QED) is 0.575. The molecule has 0 aliphatic heterocycles. The van der Waals surface area contributed by atoms with E-state index in [2.05, 4.69) is 14.7 Å². The molecule has 5 nitrogen and oxygen atoms in total. The lowest BCUT2D eigenvalue weighted by atomic mass is 10.2. The molecule has 0 N–H and O–H groups in total. The predicted molar refractivity (Wildman–Crippen MR) is 56.5 cm³/mol. The molecule has 2 aromatic heterocycles. The highest BCUT2D eigenvalue weighted by molar-refractivity contribution is 7.03. The van der Waals surface area contributed by atoms with Gasteiger partial charge in [-0.25, -0.2) is 0 Å². The Bertz CT molecular complexity index is 486. The second kappa shape index (κ2) is 4.14. The molecule has 0 aliphatic rings. The van der Waals surface area contributed by atoms with Gasteiger partial charge in [-0.15, -0.1) is 5.10 Å². The van der Waals surface area contributed by atoms with Gasteiger partial charge in [-0.05, 0) is 23.7 Å². The minimum absolute atomic E-state index is 0.0869. The second-order valence-electron chi connectivity index (χ2n) is 2.93. The Balaban J connectivity index is 2.10. The predicted octanol–water partition coefficient (Wildman–Crippen LogP) is 1.17. The largest absolute Gasteiger partial charge is 0.289 e. The summed E-state index contributed by atoms with van der Waals surface area (Å²) in [4.78, 5) is 11.6. The number of ketones is 1. The van der Waals surface area contributed by atoms with Gasteiger partial charge in [0.2, 0.25) is 0 Å². The maximum Gasteiger partial charge on any atom is 0.189 e. The van der Waals surface area contributed by atoms with Crippen LogP contribution in [0.1, 0.15) is 16.1 Å². The van der Waals surface area contributed by atoms with Gasteiger partial charge >= 0.3 is 0 Å². The standard InChI is InChI=1S/C9H8N4OS/c1-13-5-7(4-10-13)9(14)3-2-8-6-15-12-11-8/h2-6H,1H3/b3-2-. The van der Waals surface area contributed by atoms with Crippen LogP contribution in [0.5, 0.6) is 0 Å². The van der Waals surface area contributed by atoms with Crippen LogP contribution in [0.3, 0.4) is 0 Å². The van der Waals surface area contributed by atoms with E-state index in [1.807, 2.05) is 0 Å². The van der Waals surface area contributed by atoms with Crippen molar-refractivity contribution >= 4 is 23.4 Å². The Morgan fingerprint density at radius 1 is 1.60 bits per heavy atom. The van der Waals surface area contributed by atoms with E-state index in [-0.39, 0.29) is 5.78 Å². The first-order valence-electron chi connectivity index (χ1n) is 4.24. The zero-order chi connectivity index (χ0) is 10.7. The van der Waals surface area contributed by atoms with E-state index in [4.69, 9.17) is 0 Å². The Hall–Kier alpha value is -1.82. The van der Waals surface area contributed by atoms with E-state index in [1.165, 1.54) is 23.8 Å². The number of hydrogen-bond acceptors (Lipinski definition) is 5. The van der Waals surface area contributed by atoms with Crippen LogP contribution < -0.4 is 0 Å². The van der Waals surface area contributed by atoms with Crippen LogP contribution in [0.2, 0.25) is 0 Å². The summed E-state index contributed by atoms with van der Waals surface area (Å²) in [5, 5.41) is 9.49. The molecule has 2 rings (SSSR count). The van der Waals surface area contributed by atoms with Crippen LogP contribution in [-0.4, -0.2) is 25.2 Å². The highest BCUT2D eigenvalue weighted by Gasteiger charge is 2.03. The maximum atomic E-state index is 11.6. The molecule has 0 saturated heterocycles. The van der Waals surface area contributed by atoms with E-state index in [0.717, 1.165) is 0 Å². The third-order valence-electron chi connectivity index (χ3n) is 1.77. The van der Waals surface area contributed by atoms with Crippen molar-refractivity contribution in [3.8, 4) is 0 Å². The molecule has 0 atom stereocenters. The normalized spacial score (nSPS) is 11.0. The highest BCUT2D eigenvalue weighted by Crippen LogP contribution is 2.03. The Morgan fingerprint density at radius 3 is 3.07 bits per heavy atom. The van der Waals surface area contributed by atoms with Gasteiger partial charge in [-0.2, -0.15) is 5.10 Å². The minimum atomic E-state index is -0.0869. The van der Waals surface area contributed by atoms with E-state index in [0.29, 0.717) is 11.3 Å². The third kappa shape index (κ3) is 2.35. The highest BCUT2D eigenvalue weighted by atomic mass is 32.1. The van der Waals surface area contributed by atoms with Gasteiger partial charge in [0.25, 0.3) is 0 Å². The smallest absolute Gasteiger partial charge is 0.189 e. The molecule has 0 aliphatic carbocycles. The van der Waals surface area contributed by atoms with Crippen molar-refractivity contribution in [1.82, 2.24) is 19.4 Å². The number of hydrogen-bond donors (Lipinski definition) is 0. The summed E-state index contributed by atoms with van der Waals surface area (Å²) in [6.07, 6.45) is 6.31. The molecular weight excluding hydrogens is 212 g/mol. The molecule has 2 heterocycles. The van der Waals surface area contributed by atoms with Crippen molar-refractivity contribution in [2.45, 2.75) is 0 Å². The zero-order valence-electron chi connectivity index (χ0n) is 7.99. The number of allylic oxidation sites excluding steroid dienone is 1. The lowest BCUT2D eigenvalue weighted by Gasteiger charge is -1.86. The molecule has 2 aromatic rings. The Labute approximate surface area is 90.2 Å². The number of aryl methyl sites for hydroxylation is 1. The van der Waals surface area contributed by atoms with Gasteiger partial charge in [0, 0.05) is 18.6 Å². The monoisotopic (exact) mass is 220 g/mol. The third-order valence-corrected chi connectivity index (χ3v) is 2.29. The molecule has 0 bridgehead atoms. The van der Waals surface area contributed by atoms with E-state index in [1.54, 1.807) is 29.4 Å². The molecular formula is C9H8N4OS. The average Bonchev–Trinajstić information content (AvgIpc) is 2.84. The minimum Gasteiger partial charge on any atom is -0.289 e. The fourth-order valence-corrected chi connectivity index (χ4v) is 1.47. The fourth-order valence-electron chi connectivity index (χ4n) is 1.05. The summed E-state index contributed by atoms with van der Waals surface area (Å²) < 4.78 is 5.28. The van der Waals surface area contributed by atoms with Gasteiger partial charge in [0.1, 0.15) is 0 Å². The summed E-state index contributed by atoms with van der Waals surface area (Å²) in [7, 11) is 1.77. The van der Waals surface area contributed by atoms with Crippen LogP contribution in [0.25, 0.3) is 6.08 Å². The van der Waals surface area contributed by atoms with Gasteiger partial charge in [-0.1, -0.05) is 4.49 Å². The molecule has 6 heteroatoms. The van der Waals surface area contributed by atoms with Gasteiger partial charge in [0.05, 0.1) is 17.5 Å². The first-order valence-corrected chi connectivity index (χ1v) is 5.07. The topological polar surface area (TPSA) is 60.7 Å². The first-order chi connectivity index (χ1) is 7.25. The number of aromatic nitrogens is 4. The number of carbonyl (C=O) groups excluding carboxylic acids is 1. The summed E-state index contributed by atoms with van der Waals surface area (Å²) in [6, 6.07) is 0. The maximum absolute atomic E-state index is 11.6. The molecule has 76 valence electrons. The summed E-state index contributed by atoms with van der Waals surface area (Å²) in [6.45, 7) is 0. The van der Waals surface area contributed by atoms with Crippen molar-refractivity contribution in [3.63, 3.8) is 0 Å². The van der Waals surface area contributed by atoms with Gasteiger partial charge < -0.3 is 0 Å². The second-order valence-corrected chi connectivity index (χ2v) is 3.54. The van der Waals surface area contributed by atoms with Crippen LogP contribution >= 0.6 is 11.5 Å². The van der Waals surface area contributed by atoms with Crippen molar-refractivity contribution in [2.24, 2.45) is 7.05 Å². The molecule has 0 saturated carbocycles.